The van der Waals surface area contributed by atoms with Crippen LogP contribution in [0, 0.1) is 0 Å². The predicted molar refractivity (Wildman–Crippen MR) is 73.2 cm³/mol. The molecule has 0 atom stereocenters. The van der Waals surface area contributed by atoms with Gasteiger partial charge in [0.05, 0.1) is 7.11 Å². The number of ether oxygens (including phenoxy) is 1. The van der Waals surface area contributed by atoms with Crippen molar-refractivity contribution in [2.75, 3.05) is 12.4 Å². The number of aromatic nitrogens is 1. The zero-order valence-electron chi connectivity index (χ0n) is 10.5. The number of carbonyl (C=O) groups excluding carboxylic acids is 2. The Bertz CT molecular complexity index is 608. The van der Waals surface area contributed by atoms with E-state index >= 15 is 0 Å². The molecule has 1 aromatic carbocycles. The summed E-state index contributed by atoms with van der Waals surface area (Å²) in [5, 5.41) is 3.53. The van der Waals surface area contributed by atoms with Crippen LogP contribution in [-0.2, 0) is 4.74 Å². The van der Waals surface area contributed by atoms with Crippen molar-refractivity contribution in [2.24, 2.45) is 0 Å². The van der Waals surface area contributed by atoms with Crippen molar-refractivity contribution < 1.29 is 14.3 Å². The maximum Gasteiger partial charge on any atom is 0.358 e. The molecule has 0 unspecified atom stereocenters. The van der Waals surface area contributed by atoms with E-state index in [0.717, 1.165) is 17.0 Å². The lowest BCUT2D eigenvalue weighted by molar-refractivity contribution is 0.0591. The van der Waals surface area contributed by atoms with Gasteiger partial charge in [0.2, 0.25) is 0 Å². The molecule has 0 amide bonds. The van der Waals surface area contributed by atoms with Gasteiger partial charge in [-0.25, -0.2) is 9.78 Å². The smallest absolute Gasteiger partial charge is 0.358 e. The molecule has 0 aliphatic rings. The fraction of sp³-hybridized carbons (Fsp3) is 0.154. The topological polar surface area (TPSA) is 68.3 Å². The summed E-state index contributed by atoms with van der Waals surface area (Å²) in [6.45, 7) is 1.40. The number of para-hydroxylation sites is 1. The predicted octanol–water partition coefficient (Wildman–Crippen LogP) is 2.88. The van der Waals surface area contributed by atoms with Crippen LogP contribution in [0.4, 0.5) is 10.8 Å². The van der Waals surface area contributed by atoms with Gasteiger partial charge in [-0.05, 0) is 12.1 Å². The molecule has 0 saturated heterocycles. The van der Waals surface area contributed by atoms with Crippen LogP contribution in [-0.4, -0.2) is 23.8 Å². The van der Waals surface area contributed by atoms with Crippen LogP contribution in [0.5, 0.6) is 0 Å². The van der Waals surface area contributed by atoms with Gasteiger partial charge < -0.3 is 10.1 Å². The first-order chi connectivity index (χ1) is 9.11. The van der Waals surface area contributed by atoms with E-state index in [1.54, 1.807) is 0 Å². The molecule has 1 heterocycles. The lowest BCUT2D eigenvalue weighted by atomic mass is 10.3. The molecule has 0 radical (unpaired) electrons. The van der Waals surface area contributed by atoms with Crippen LogP contribution in [0.25, 0.3) is 0 Å². The Morgan fingerprint density at radius 2 is 1.95 bits per heavy atom. The van der Waals surface area contributed by atoms with Gasteiger partial charge in [0.15, 0.2) is 16.6 Å². The van der Waals surface area contributed by atoms with E-state index in [2.05, 4.69) is 15.0 Å². The third kappa shape index (κ3) is 2.97. The van der Waals surface area contributed by atoms with Gasteiger partial charge >= 0.3 is 5.97 Å². The zero-order valence-corrected chi connectivity index (χ0v) is 11.3. The fourth-order valence-corrected chi connectivity index (χ4v) is 2.36. The molecular weight excluding hydrogens is 264 g/mol. The Morgan fingerprint density at radius 3 is 2.53 bits per heavy atom. The molecule has 0 bridgehead atoms. The molecule has 5 nitrogen and oxygen atoms in total. The van der Waals surface area contributed by atoms with Crippen molar-refractivity contribution in [2.45, 2.75) is 6.92 Å². The summed E-state index contributed by atoms with van der Waals surface area (Å²) in [5.74, 6) is -0.818. The number of nitrogens with zero attached hydrogens (tertiary/aromatic N) is 1. The molecule has 19 heavy (non-hydrogen) atoms. The van der Waals surface area contributed by atoms with Gasteiger partial charge in [-0.3, -0.25) is 4.79 Å². The minimum Gasteiger partial charge on any atom is -0.464 e. The highest BCUT2D eigenvalue weighted by atomic mass is 32.1. The minimum atomic E-state index is -0.609. The summed E-state index contributed by atoms with van der Waals surface area (Å²) in [5.41, 5.74) is 0.890. The van der Waals surface area contributed by atoms with Crippen molar-refractivity contribution in [3.63, 3.8) is 0 Å². The first kappa shape index (κ1) is 13.2. The van der Waals surface area contributed by atoms with Crippen LogP contribution >= 0.6 is 11.3 Å². The third-order valence-electron chi connectivity index (χ3n) is 2.35. The summed E-state index contributed by atoms with van der Waals surface area (Å²) < 4.78 is 4.62. The van der Waals surface area contributed by atoms with Crippen LogP contribution in [0.2, 0.25) is 0 Å². The second-order valence-corrected chi connectivity index (χ2v) is 4.73. The van der Waals surface area contributed by atoms with Crippen LogP contribution in [0.15, 0.2) is 30.3 Å². The molecule has 98 valence electrons. The number of Topliss-reactive ketones (excluding diaryl/α,β-unsaturated/α-hetero) is 1. The van der Waals surface area contributed by atoms with Gasteiger partial charge in [-0.15, -0.1) is 0 Å². The van der Waals surface area contributed by atoms with Crippen molar-refractivity contribution in [1.82, 2.24) is 4.98 Å². The van der Waals surface area contributed by atoms with Gasteiger partial charge in [-0.2, -0.15) is 0 Å². The number of ketones is 1. The Morgan fingerprint density at radius 1 is 1.26 bits per heavy atom. The highest BCUT2D eigenvalue weighted by Gasteiger charge is 2.21. The lowest BCUT2D eigenvalue weighted by Gasteiger charge is -2.00. The fourth-order valence-electron chi connectivity index (χ4n) is 1.49. The van der Waals surface area contributed by atoms with Gasteiger partial charge in [0.1, 0.15) is 4.88 Å². The highest BCUT2D eigenvalue weighted by Crippen LogP contribution is 2.26. The molecule has 1 aromatic heterocycles. The number of rotatable bonds is 4. The van der Waals surface area contributed by atoms with Gasteiger partial charge in [-0.1, -0.05) is 29.5 Å². The molecule has 0 aliphatic carbocycles. The molecule has 1 N–H and O–H groups in total. The van der Waals surface area contributed by atoms with Gasteiger partial charge in [0, 0.05) is 12.6 Å². The summed E-state index contributed by atoms with van der Waals surface area (Å²) >= 11 is 1.13. The van der Waals surface area contributed by atoms with E-state index in [1.807, 2.05) is 30.3 Å². The minimum absolute atomic E-state index is 0.0541. The molecule has 2 aromatic rings. The summed E-state index contributed by atoms with van der Waals surface area (Å²) in [7, 11) is 1.26. The number of thiazole rings is 1. The standard InChI is InChI=1S/C13H12N2O3S/c1-8(16)11-10(12(17)18-2)15-13(19-11)14-9-6-4-3-5-7-9/h3-7H,1-2H3,(H,14,15). The third-order valence-corrected chi connectivity index (χ3v) is 3.42. The molecule has 0 spiro atoms. The average molecular weight is 276 g/mol. The van der Waals surface area contributed by atoms with E-state index in [-0.39, 0.29) is 11.5 Å². The van der Waals surface area contributed by atoms with E-state index in [1.165, 1.54) is 14.0 Å². The molecular formula is C13H12N2O3S. The maximum atomic E-state index is 11.5. The second kappa shape index (κ2) is 5.62. The number of methoxy groups -OCH3 is 1. The highest BCUT2D eigenvalue weighted by molar-refractivity contribution is 7.17. The van der Waals surface area contributed by atoms with E-state index in [4.69, 9.17) is 0 Å². The van der Waals surface area contributed by atoms with Crippen molar-refractivity contribution >= 4 is 33.9 Å². The van der Waals surface area contributed by atoms with E-state index in [9.17, 15) is 9.59 Å². The summed E-state index contributed by atoms with van der Waals surface area (Å²) in [6, 6.07) is 9.39. The quantitative estimate of drug-likeness (QED) is 0.687. The Balaban J connectivity index is 2.33. The van der Waals surface area contributed by atoms with Gasteiger partial charge in [0.25, 0.3) is 0 Å². The molecule has 0 saturated carbocycles. The Labute approximate surface area is 114 Å². The molecule has 0 fully saturated rings. The SMILES string of the molecule is COC(=O)c1nc(Nc2ccccc2)sc1C(C)=O. The second-order valence-electron chi connectivity index (χ2n) is 3.74. The van der Waals surface area contributed by atoms with Crippen molar-refractivity contribution in [3.8, 4) is 0 Å². The first-order valence-corrected chi connectivity index (χ1v) is 6.35. The largest absolute Gasteiger partial charge is 0.464 e. The number of hydrogen-bond donors (Lipinski definition) is 1. The van der Waals surface area contributed by atoms with Crippen molar-refractivity contribution in [3.05, 3.63) is 40.9 Å². The molecule has 2 rings (SSSR count). The molecule has 0 aliphatic heterocycles. The molecule has 6 heteroatoms. The Kier molecular flexibility index (Phi) is 3.91. The van der Waals surface area contributed by atoms with E-state index < -0.39 is 5.97 Å². The van der Waals surface area contributed by atoms with Crippen LogP contribution < -0.4 is 5.32 Å². The normalized spacial score (nSPS) is 10.0. The number of esters is 1. The number of carbonyl (C=O) groups is 2. The average Bonchev–Trinajstić information content (AvgIpc) is 2.83. The zero-order chi connectivity index (χ0) is 13.8. The lowest BCUT2D eigenvalue weighted by Crippen LogP contribution is -2.07. The summed E-state index contributed by atoms with van der Waals surface area (Å²) in [6.07, 6.45) is 0. The summed E-state index contributed by atoms with van der Waals surface area (Å²) in [4.78, 5) is 27.4. The first-order valence-electron chi connectivity index (χ1n) is 5.54. The van der Waals surface area contributed by atoms with E-state index in [0.29, 0.717) is 10.0 Å². The maximum absolute atomic E-state index is 11.5. The van der Waals surface area contributed by atoms with Crippen LogP contribution in [0.1, 0.15) is 27.1 Å². The number of hydrogen-bond acceptors (Lipinski definition) is 6. The Hall–Kier alpha value is -2.21. The monoisotopic (exact) mass is 276 g/mol. The number of anilines is 2. The number of nitrogens with one attached hydrogen (secondary N) is 1. The van der Waals surface area contributed by atoms with Crippen LogP contribution in [0.3, 0.4) is 0 Å². The van der Waals surface area contributed by atoms with Crippen molar-refractivity contribution in [1.29, 1.82) is 0 Å². The number of benzene rings is 1.